The van der Waals surface area contributed by atoms with Crippen molar-refractivity contribution in [1.29, 1.82) is 0 Å². The molecular formula is C9H18N2OS. The highest BCUT2D eigenvalue weighted by atomic mass is 32.2. The number of rotatable bonds is 1. The second-order valence-corrected chi connectivity index (χ2v) is 5.10. The molecule has 2 rings (SSSR count). The van der Waals surface area contributed by atoms with E-state index in [9.17, 15) is 5.11 Å². The van der Waals surface area contributed by atoms with Crippen LogP contribution in [0.2, 0.25) is 0 Å². The molecule has 0 spiro atoms. The van der Waals surface area contributed by atoms with Crippen LogP contribution in [0.5, 0.6) is 0 Å². The lowest BCUT2D eigenvalue weighted by Gasteiger charge is -2.38. The molecule has 0 aromatic rings. The zero-order valence-electron chi connectivity index (χ0n) is 8.07. The first-order valence-corrected chi connectivity index (χ1v) is 6.17. The van der Waals surface area contributed by atoms with Gasteiger partial charge in [-0.1, -0.05) is 0 Å². The molecule has 0 saturated carbocycles. The van der Waals surface area contributed by atoms with E-state index < -0.39 is 0 Å². The maximum Gasteiger partial charge on any atom is 0.0831 e. The lowest BCUT2D eigenvalue weighted by molar-refractivity contribution is 0.0670. The van der Waals surface area contributed by atoms with Gasteiger partial charge in [-0.05, 0) is 6.92 Å². The van der Waals surface area contributed by atoms with E-state index in [0.29, 0.717) is 12.1 Å². The van der Waals surface area contributed by atoms with Crippen LogP contribution < -0.4 is 5.32 Å². The third-order valence-corrected chi connectivity index (χ3v) is 4.19. The molecule has 0 aromatic carbocycles. The van der Waals surface area contributed by atoms with Crippen LogP contribution in [-0.4, -0.2) is 59.3 Å². The second-order valence-electron chi connectivity index (χ2n) is 3.95. The highest BCUT2D eigenvalue weighted by Crippen LogP contribution is 2.21. The van der Waals surface area contributed by atoms with Gasteiger partial charge in [-0.2, -0.15) is 11.8 Å². The molecule has 2 saturated heterocycles. The molecule has 2 fully saturated rings. The lowest BCUT2D eigenvalue weighted by Crippen LogP contribution is -2.51. The molecule has 76 valence electrons. The summed E-state index contributed by atoms with van der Waals surface area (Å²) in [5.74, 6) is 2.43. The van der Waals surface area contributed by atoms with E-state index in [0.717, 1.165) is 19.6 Å². The van der Waals surface area contributed by atoms with E-state index >= 15 is 0 Å². The molecule has 2 aliphatic rings. The van der Waals surface area contributed by atoms with Gasteiger partial charge in [-0.15, -0.1) is 0 Å². The summed E-state index contributed by atoms with van der Waals surface area (Å²) in [7, 11) is 0. The Labute approximate surface area is 83.9 Å². The summed E-state index contributed by atoms with van der Waals surface area (Å²) in [5.41, 5.74) is 0. The van der Waals surface area contributed by atoms with Crippen LogP contribution in [0.3, 0.4) is 0 Å². The van der Waals surface area contributed by atoms with Gasteiger partial charge in [0.15, 0.2) is 0 Å². The zero-order chi connectivity index (χ0) is 9.26. The van der Waals surface area contributed by atoms with E-state index in [1.807, 2.05) is 11.8 Å². The molecule has 0 bridgehead atoms. The van der Waals surface area contributed by atoms with Crippen molar-refractivity contribution < 1.29 is 5.11 Å². The number of hydrogen-bond donors (Lipinski definition) is 2. The fourth-order valence-electron chi connectivity index (χ4n) is 2.22. The van der Waals surface area contributed by atoms with Crippen LogP contribution in [0.4, 0.5) is 0 Å². The fourth-order valence-corrected chi connectivity index (χ4v) is 3.26. The first kappa shape index (κ1) is 9.77. The van der Waals surface area contributed by atoms with E-state index in [-0.39, 0.29) is 6.10 Å². The average Bonchev–Trinajstić information content (AvgIpc) is 2.52. The molecule has 13 heavy (non-hydrogen) atoms. The number of aliphatic hydroxyl groups is 1. The number of hydrogen-bond acceptors (Lipinski definition) is 4. The van der Waals surface area contributed by atoms with Gasteiger partial charge in [-0.25, -0.2) is 0 Å². The molecule has 0 amide bonds. The molecule has 1 unspecified atom stereocenters. The minimum Gasteiger partial charge on any atom is -0.390 e. The van der Waals surface area contributed by atoms with Crippen molar-refractivity contribution in [2.24, 2.45) is 0 Å². The maximum atomic E-state index is 9.75. The molecule has 2 N–H and O–H groups in total. The van der Waals surface area contributed by atoms with Crippen LogP contribution in [0, 0.1) is 0 Å². The lowest BCUT2D eigenvalue weighted by atomic mass is 10.1. The van der Waals surface area contributed by atoms with Gasteiger partial charge in [0.2, 0.25) is 0 Å². The van der Waals surface area contributed by atoms with Crippen molar-refractivity contribution in [1.82, 2.24) is 10.2 Å². The van der Waals surface area contributed by atoms with Crippen molar-refractivity contribution in [2.75, 3.05) is 31.1 Å². The minimum absolute atomic E-state index is 0.162. The first-order valence-electron chi connectivity index (χ1n) is 5.01. The Kier molecular flexibility index (Phi) is 3.14. The Morgan fingerprint density at radius 3 is 2.92 bits per heavy atom. The Balaban J connectivity index is 1.97. The normalized spacial score (nSPS) is 42.5. The van der Waals surface area contributed by atoms with E-state index in [1.54, 1.807) is 0 Å². The summed E-state index contributed by atoms with van der Waals surface area (Å²) in [6.45, 7) is 5.11. The number of β-amino-alcohol motifs (C(OH)–C–C–N with tert-alkyl or cyclic N) is 1. The largest absolute Gasteiger partial charge is 0.390 e. The Morgan fingerprint density at radius 1 is 1.46 bits per heavy atom. The van der Waals surface area contributed by atoms with Gasteiger partial charge in [-0.3, -0.25) is 4.90 Å². The maximum absolute atomic E-state index is 9.75. The average molecular weight is 202 g/mol. The van der Waals surface area contributed by atoms with Gasteiger partial charge >= 0.3 is 0 Å². The molecule has 0 radical (unpaired) electrons. The SMILES string of the molecule is CC1CSCCN1[C@@H]1CNC[C@H]1O. The molecule has 4 heteroatoms. The van der Waals surface area contributed by atoms with Gasteiger partial charge in [0.1, 0.15) is 0 Å². The predicted molar refractivity (Wildman–Crippen MR) is 56.2 cm³/mol. The van der Waals surface area contributed by atoms with Crippen LogP contribution in [-0.2, 0) is 0 Å². The Bertz CT molecular complexity index is 179. The first-order chi connectivity index (χ1) is 6.29. The summed E-state index contributed by atoms with van der Waals surface area (Å²) < 4.78 is 0. The number of nitrogens with one attached hydrogen (secondary N) is 1. The van der Waals surface area contributed by atoms with Crippen molar-refractivity contribution >= 4 is 11.8 Å². The van der Waals surface area contributed by atoms with E-state index in [4.69, 9.17) is 0 Å². The summed E-state index contributed by atoms with van der Waals surface area (Å²) in [6.07, 6.45) is -0.162. The number of aliphatic hydroxyl groups excluding tert-OH is 1. The third-order valence-electron chi connectivity index (χ3n) is 3.00. The second kappa shape index (κ2) is 4.17. The van der Waals surface area contributed by atoms with Crippen LogP contribution in [0.15, 0.2) is 0 Å². The Hall–Kier alpha value is 0.230. The van der Waals surface area contributed by atoms with E-state index in [1.165, 1.54) is 11.5 Å². The fraction of sp³-hybridized carbons (Fsp3) is 1.00. The van der Waals surface area contributed by atoms with Crippen molar-refractivity contribution in [3.63, 3.8) is 0 Å². The van der Waals surface area contributed by atoms with Crippen molar-refractivity contribution in [2.45, 2.75) is 25.1 Å². The van der Waals surface area contributed by atoms with Gasteiger partial charge in [0.25, 0.3) is 0 Å². The van der Waals surface area contributed by atoms with Crippen LogP contribution in [0.1, 0.15) is 6.92 Å². The minimum atomic E-state index is -0.162. The van der Waals surface area contributed by atoms with Crippen LogP contribution in [0.25, 0.3) is 0 Å². The smallest absolute Gasteiger partial charge is 0.0831 e. The molecule has 2 aliphatic heterocycles. The molecule has 0 aliphatic carbocycles. The third kappa shape index (κ3) is 2.01. The highest BCUT2D eigenvalue weighted by molar-refractivity contribution is 7.99. The summed E-state index contributed by atoms with van der Waals surface area (Å²) >= 11 is 2.02. The van der Waals surface area contributed by atoms with Crippen molar-refractivity contribution in [3.8, 4) is 0 Å². The molecule has 3 nitrogen and oxygen atoms in total. The molecule has 0 aromatic heterocycles. The highest BCUT2D eigenvalue weighted by Gasteiger charge is 2.34. The van der Waals surface area contributed by atoms with Crippen molar-refractivity contribution in [3.05, 3.63) is 0 Å². The predicted octanol–water partition coefficient (Wildman–Crippen LogP) is -0.244. The monoisotopic (exact) mass is 202 g/mol. The summed E-state index contributed by atoms with van der Waals surface area (Å²) in [6, 6.07) is 0.981. The standard InChI is InChI=1S/C9H18N2OS/c1-7-6-13-3-2-11(7)8-4-10-5-9(8)12/h7-10,12H,2-6H2,1H3/t7?,8-,9-/m1/s1. The Morgan fingerprint density at radius 2 is 2.31 bits per heavy atom. The van der Waals surface area contributed by atoms with Crippen LogP contribution >= 0.6 is 11.8 Å². The quantitative estimate of drug-likeness (QED) is 0.615. The number of thioether (sulfide) groups is 1. The number of nitrogens with zero attached hydrogens (tertiary/aromatic N) is 1. The topological polar surface area (TPSA) is 35.5 Å². The van der Waals surface area contributed by atoms with Gasteiger partial charge < -0.3 is 10.4 Å². The van der Waals surface area contributed by atoms with Gasteiger partial charge in [0, 0.05) is 43.2 Å². The zero-order valence-corrected chi connectivity index (χ0v) is 8.89. The summed E-state index contributed by atoms with van der Waals surface area (Å²) in [5, 5.41) is 13.0. The van der Waals surface area contributed by atoms with Gasteiger partial charge in [0.05, 0.1) is 6.10 Å². The van der Waals surface area contributed by atoms with E-state index in [2.05, 4.69) is 17.1 Å². The summed E-state index contributed by atoms with van der Waals surface area (Å²) in [4.78, 5) is 2.46. The molecular weight excluding hydrogens is 184 g/mol. The molecule has 2 heterocycles. The molecule has 3 atom stereocenters.